The second-order valence-electron chi connectivity index (χ2n) is 10.7. The van der Waals surface area contributed by atoms with E-state index in [4.69, 9.17) is 11.6 Å². The van der Waals surface area contributed by atoms with Gasteiger partial charge in [-0.3, -0.25) is 9.59 Å². The van der Waals surface area contributed by atoms with Crippen molar-refractivity contribution in [3.63, 3.8) is 0 Å². The number of nitrogens with one attached hydrogen (secondary N) is 2. The third-order valence-corrected chi connectivity index (χ3v) is 7.95. The van der Waals surface area contributed by atoms with Gasteiger partial charge in [0, 0.05) is 48.2 Å². The van der Waals surface area contributed by atoms with Crippen molar-refractivity contribution >= 4 is 35.1 Å². The summed E-state index contributed by atoms with van der Waals surface area (Å²) in [5.41, 5.74) is 2.03. The van der Waals surface area contributed by atoms with E-state index in [0.29, 0.717) is 23.3 Å². The standard InChI is InChI=1S/C27H35ClN6O2/c1-16(2)29-11-10-22(18-4-6-19(28)7-5-18)27(36)34-20-8-9-21(34)14-33(13-20)26-24-17(3)12-23(35)32-25(24)30-15-31-26/h4-7,15-17,20-22,29H,8-14H2,1-3H3,(H,30,31,32,35)/t17-,20?,21?,22-/m1/s1. The molecule has 0 radical (unpaired) electrons. The number of benzene rings is 1. The van der Waals surface area contributed by atoms with Crippen LogP contribution in [-0.2, 0) is 9.59 Å². The molecular formula is C27H35ClN6O2. The molecule has 2 aromatic rings. The minimum atomic E-state index is -0.204. The van der Waals surface area contributed by atoms with Gasteiger partial charge in [-0.15, -0.1) is 0 Å². The Morgan fingerprint density at radius 1 is 1.17 bits per heavy atom. The predicted molar refractivity (Wildman–Crippen MR) is 142 cm³/mol. The number of halogens is 1. The lowest BCUT2D eigenvalue weighted by Crippen LogP contribution is -2.57. The second kappa shape index (κ2) is 10.3. The third-order valence-electron chi connectivity index (χ3n) is 7.70. The summed E-state index contributed by atoms with van der Waals surface area (Å²) in [5.74, 6) is 1.58. The van der Waals surface area contributed by atoms with Crippen LogP contribution in [0.25, 0.3) is 0 Å². The lowest BCUT2D eigenvalue weighted by molar-refractivity contribution is -0.136. The van der Waals surface area contributed by atoms with Crippen molar-refractivity contribution in [3.8, 4) is 0 Å². The molecule has 5 rings (SSSR count). The van der Waals surface area contributed by atoms with Crippen LogP contribution in [0.3, 0.4) is 0 Å². The van der Waals surface area contributed by atoms with Gasteiger partial charge in [0.25, 0.3) is 0 Å². The van der Waals surface area contributed by atoms with Crippen LogP contribution in [0.5, 0.6) is 0 Å². The smallest absolute Gasteiger partial charge is 0.230 e. The molecule has 8 nitrogen and oxygen atoms in total. The first-order valence-electron chi connectivity index (χ1n) is 13.0. The molecule has 9 heteroatoms. The number of hydrogen-bond donors (Lipinski definition) is 2. The molecule has 2 bridgehead atoms. The number of nitrogens with zero attached hydrogens (tertiary/aromatic N) is 4. The van der Waals surface area contributed by atoms with Gasteiger partial charge in [-0.25, -0.2) is 9.97 Å². The first kappa shape index (κ1) is 25.0. The Hall–Kier alpha value is -2.71. The van der Waals surface area contributed by atoms with Gasteiger partial charge in [0.05, 0.1) is 5.92 Å². The minimum absolute atomic E-state index is 0.00432. The highest BCUT2D eigenvalue weighted by Gasteiger charge is 2.45. The number of hydrogen-bond acceptors (Lipinski definition) is 6. The maximum absolute atomic E-state index is 14.1. The molecule has 2 unspecified atom stereocenters. The summed E-state index contributed by atoms with van der Waals surface area (Å²) < 4.78 is 0. The first-order valence-corrected chi connectivity index (χ1v) is 13.4. The van der Waals surface area contributed by atoms with Crippen LogP contribution in [0, 0.1) is 0 Å². The summed E-state index contributed by atoms with van der Waals surface area (Å²) >= 11 is 6.14. The van der Waals surface area contributed by atoms with Gasteiger partial charge in [0.1, 0.15) is 18.0 Å². The molecule has 2 saturated heterocycles. The summed E-state index contributed by atoms with van der Waals surface area (Å²) in [6, 6.07) is 8.38. The summed E-state index contributed by atoms with van der Waals surface area (Å²) in [4.78, 5) is 39.5. The average molecular weight is 511 g/mol. The van der Waals surface area contributed by atoms with Crippen molar-refractivity contribution in [1.29, 1.82) is 0 Å². The van der Waals surface area contributed by atoms with E-state index in [2.05, 4.69) is 51.2 Å². The van der Waals surface area contributed by atoms with Crippen LogP contribution >= 0.6 is 11.6 Å². The molecule has 3 aliphatic heterocycles. The second-order valence-corrected chi connectivity index (χ2v) is 11.1. The highest BCUT2D eigenvalue weighted by molar-refractivity contribution is 6.30. The number of piperazine rings is 1. The lowest BCUT2D eigenvalue weighted by atomic mass is 9.92. The van der Waals surface area contributed by atoms with E-state index in [0.717, 1.165) is 55.8 Å². The molecule has 4 heterocycles. The Morgan fingerprint density at radius 3 is 2.53 bits per heavy atom. The fraction of sp³-hybridized carbons (Fsp3) is 0.556. The molecule has 2 N–H and O–H groups in total. The molecule has 3 aliphatic rings. The van der Waals surface area contributed by atoms with Crippen LogP contribution < -0.4 is 15.5 Å². The number of amides is 2. The summed E-state index contributed by atoms with van der Waals surface area (Å²) in [7, 11) is 0. The van der Waals surface area contributed by atoms with Crippen LogP contribution in [0.4, 0.5) is 11.6 Å². The molecule has 0 spiro atoms. The molecule has 4 atom stereocenters. The number of anilines is 2. The van der Waals surface area contributed by atoms with E-state index in [1.165, 1.54) is 6.33 Å². The van der Waals surface area contributed by atoms with E-state index < -0.39 is 0 Å². The Labute approximate surface area is 217 Å². The van der Waals surface area contributed by atoms with Crippen LogP contribution in [0.15, 0.2) is 30.6 Å². The highest BCUT2D eigenvalue weighted by Crippen LogP contribution is 2.40. The van der Waals surface area contributed by atoms with Crippen molar-refractivity contribution in [2.24, 2.45) is 0 Å². The number of carbonyl (C=O) groups excluding carboxylic acids is 2. The third kappa shape index (κ3) is 4.93. The molecule has 1 aromatic heterocycles. The van der Waals surface area contributed by atoms with E-state index in [9.17, 15) is 9.59 Å². The maximum Gasteiger partial charge on any atom is 0.230 e. The summed E-state index contributed by atoms with van der Waals surface area (Å²) in [6.45, 7) is 8.56. The number of aromatic nitrogens is 2. The predicted octanol–water partition coefficient (Wildman–Crippen LogP) is 3.93. The van der Waals surface area contributed by atoms with Crippen molar-refractivity contribution in [2.45, 2.75) is 76.4 Å². The fourth-order valence-corrected chi connectivity index (χ4v) is 6.14. The highest BCUT2D eigenvalue weighted by atomic mass is 35.5. The van der Waals surface area contributed by atoms with Crippen molar-refractivity contribution in [1.82, 2.24) is 20.2 Å². The van der Waals surface area contributed by atoms with Gasteiger partial charge in [0.15, 0.2) is 0 Å². The van der Waals surface area contributed by atoms with Crippen LogP contribution in [-0.4, -0.2) is 64.4 Å². The molecular weight excluding hydrogens is 476 g/mol. The fourth-order valence-electron chi connectivity index (χ4n) is 6.01. The van der Waals surface area contributed by atoms with Gasteiger partial charge in [0.2, 0.25) is 11.8 Å². The Bertz CT molecular complexity index is 1110. The quantitative estimate of drug-likeness (QED) is 0.586. The molecule has 0 saturated carbocycles. The summed E-state index contributed by atoms with van der Waals surface area (Å²) in [5, 5.41) is 7.05. The minimum Gasteiger partial charge on any atom is -0.352 e. The van der Waals surface area contributed by atoms with Crippen molar-refractivity contribution < 1.29 is 9.59 Å². The normalized spacial score (nSPS) is 24.0. The maximum atomic E-state index is 14.1. The van der Waals surface area contributed by atoms with Gasteiger partial charge >= 0.3 is 0 Å². The van der Waals surface area contributed by atoms with E-state index >= 15 is 0 Å². The topological polar surface area (TPSA) is 90.5 Å². The molecule has 1 aromatic carbocycles. The largest absolute Gasteiger partial charge is 0.352 e. The monoisotopic (exact) mass is 510 g/mol. The Morgan fingerprint density at radius 2 is 1.86 bits per heavy atom. The van der Waals surface area contributed by atoms with Gasteiger partial charge in [-0.05, 0) is 49.4 Å². The van der Waals surface area contributed by atoms with Crippen molar-refractivity contribution in [3.05, 3.63) is 46.7 Å². The zero-order chi connectivity index (χ0) is 25.4. The molecule has 192 valence electrons. The van der Waals surface area contributed by atoms with Crippen molar-refractivity contribution in [2.75, 3.05) is 29.9 Å². The Balaban J connectivity index is 1.37. The lowest BCUT2D eigenvalue weighted by Gasteiger charge is -2.44. The van der Waals surface area contributed by atoms with Gasteiger partial charge in [-0.2, -0.15) is 0 Å². The summed E-state index contributed by atoms with van der Waals surface area (Å²) in [6.07, 6.45) is 4.69. The number of fused-ring (bicyclic) bond motifs is 3. The van der Waals surface area contributed by atoms with Gasteiger partial charge in [-0.1, -0.05) is 44.5 Å². The zero-order valence-corrected chi connectivity index (χ0v) is 22.0. The number of rotatable bonds is 7. The van der Waals surface area contributed by atoms with E-state index in [1.54, 1.807) is 0 Å². The molecule has 2 amide bonds. The van der Waals surface area contributed by atoms with Gasteiger partial charge < -0.3 is 20.4 Å². The number of carbonyl (C=O) groups is 2. The molecule has 2 fully saturated rings. The van der Waals surface area contributed by atoms with E-state index in [1.807, 2.05) is 24.3 Å². The molecule has 0 aliphatic carbocycles. The first-order chi connectivity index (χ1) is 17.3. The average Bonchev–Trinajstić information content (AvgIpc) is 3.10. The SMILES string of the molecule is CC(C)NCC[C@@H](C(=O)N1C2CCC1CN(c1ncnc3c1[C@H](C)CC(=O)N3)C2)c1ccc(Cl)cc1. The van der Waals surface area contributed by atoms with Crippen LogP contribution in [0.1, 0.15) is 69.4 Å². The van der Waals surface area contributed by atoms with Crippen LogP contribution in [0.2, 0.25) is 5.02 Å². The molecule has 36 heavy (non-hydrogen) atoms. The Kier molecular flexibility index (Phi) is 7.17. The zero-order valence-electron chi connectivity index (χ0n) is 21.2. The van der Waals surface area contributed by atoms with E-state index in [-0.39, 0.29) is 35.7 Å².